The third-order valence-electron chi connectivity index (χ3n) is 10.2. The van der Waals surface area contributed by atoms with E-state index >= 15 is 0 Å². The zero-order valence-electron chi connectivity index (χ0n) is 30.4. The molecule has 2 aliphatic carbocycles. The first kappa shape index (κ1) is 38.9. The average Bonchev–Trinajstić information content (AvgIpc) is 3.36. The van der Waals surface area contributed by atoms with Crippen LogP contribution in [0, 0.1) is 34.9 Å². The minimum atomic E-state index is -0.204. The number of hydrogen-bond donors (Lipinski definition) is 0. The number of nitrogens with zero attached hydrogens (tertiary/aromatic N) is 1. The maximum atomic E-state index is 13.9. The largest absolute Gasteiger partial charge is 0.412 e. The van der Waals surface area contributed by atoms with Gasteiger partial charge >= 0.3 is 0 Å². The highest BCUT2D eigenvalue weighted by atomic mass is 19.1. The van der Waals surface area contributed by atoms with Crippen LogP contribution >= 0.6 is 0 Å². The fourth-order valence-electron chi connectivity index (χ4n) is 7.31. The lowest BCUT2D eigenvalue weighted by Gasteiger charge is -2.24. The van der Waals surface area contributed by atoms with Gasteiger partial charge in [-0.05, 0) is 134 Å². The smallest absolute Gasteiger partial charge is 0.123 e. The van der Waals surface area contributed by atoms with Crippen LogP contribution in [0.4, 0.5) is 4.39 Å². The van der Waals surface area contributed by atoms with Crippen molar-refractivity contribution in [2.24, 2.45) is 29.1 Å². The fraction of sp³-hybridized carbons (Fsp3) is 0.444. The Morgan fingerprint density at radius 2 is 1.73 bits per heavy atom. The predicted molar refractivity (Wildman–Crippen MR) is 207 cm³/mol. The Morgan fingerprint density at radius 1 is 1.00 bits per heavy atom. The van der Waals surface area contributed by atoms with Gasteiger partial charge in [-0.25, -0.2) is 9.37 Å². The fourth-order valence-corrected chi connectivity index (χ4v) is 7.31. The Labute approximate surface area is 291 Å². The van der Waals surface area contributed by atoms with Crippen LogP contribution in [-0.4, -0.2) is 10.5 Å². The molecule has 1 aromatic heterocycles. The molecule has 3 heteroatoms. The van der Waals surface area contributed by atoms with Crippen molar-refractivity contribution in [1.29, 1.82) is 0 Å². The van der Waals surface area contributed by atoms with Gasteiger partial charge in [0.2, 0.25) is 0 Å². The lowest BCUT2D eigenvalue weighted by molar-refractivity contribution is 0.410. The first-order valence-corrected chi connectivity index (χ1v) is 17.8. The van der Waals surface area contributed by atoms with Crippen LogP contribution in [-0.2, 0) is 6.42 Å². The van der Waals surface area contributed by atoms with E-state index in [1.807, 2.05) is 6.07 Å². The van der Waals surface area contributed by atoms with Crippen LogP contribution in [0.3, 0.4) is 0 Å². The monoisotopic (exact) mass is 649 g/mol. The molecule has 258 valence electrons. The van der Waals surface area contributed by atoms with Crippen molar-refractivity contribution in [3.05, 3.63) is 133 Å². The molecule has 2 aliphatic rings. The van der Waals surface area contributed by atoms with Gasteiger partial charge in [-0.3, -0.25) is 0 Å². The average molecular weight is 650 g/mol. The van der Waals surface area contributed by atoms with Gasteiger partial charge in [-0.1, -0.05) is 121 Å². The third-order valence-corrected chi connectivity index (χ3v) is 10.2. The van der Waals surface area contributed by atoms with Gasteiger partial charge in [0.1, 0.15) is 5.82 Å². The highest BCUT2D eigenvalue weighted by Gasteiger charge is 2.30. The molecular weight excluding hydrogens is 589 g/mol. The molecule has 48 heavy (non-hydrogen) atoms. The summed E-state index contributed by atoms with van der Waals surface area (Å²) in [5.74, 6) is 1.66. The Balaban J connectivity index is 0.00000625. The summed E-state index contributed by atoms with van der Waals surface area (Å²) in [5, 5.41) is 0. The van der Waals surface area contributed by atoms with Crippen molar-refractivity contribution in [3.63, 3.8) is 0 Å². The molecule has 1 aromatic carbocycles. The molecule has 2 aromatic rings. The zero-order valence-corrected chi connectivity index (χ0v) is 30.4. The molecule has 0 radical (unpaired) electrons. The summed E-state index contributed by atoms with van der Waals surface area (Å²) in [4.78, 5) is 5.22. The predicted octanol–water partition coefficient (Wildman–Crippen LogP) is 12.4. The molecule has 0 spiro atoms. The maximum Gasteiger partial charge on any atom is 0.123 e. The summed E-state index contributed by atoms with van der Waals surface area (Å²) < 4.78 is 13.9. The second kappa shape index (κ2) is 17.2. The third kappa shape index (κ3) is 10.7. The molecule has 2 N–H and O–H groups in total. The zero-order chi connectivity index (χ0) is 34.3. The maximum absolute atomic E-state index is 13.9. The van der Waals surface area contributed by atoms with Crippen LogP contribution in [0.25, 0.3) is 16.7 Å². The molecule has 1 fully saturated rings. The molecule has 0 bridgehead atoms. The molecule has 0 aliphatic heterocycles. The minimum Gasteiger partial charge on any atom is -0.412 e. The van der Waals surface area contributed by atoms with E-state index in [2.05, 4.69) is 97.9 Å². The van der Waals surface area contributed by atoms with Crippen molar-refractivity contribution < 1.29 is 9.87 Å². The van der Waals surface area contributed by atoms with Crippen LogP contribution in [0.5, 0.6) is 0 Å². The molecule has 2 nitrogen and oxygen atoms in total. The highest BCUT2D eigenvalue weighted by molar-refractivity contribution is 5.80. The Bertz CT molecular complexity index is 1560. The molecule has 0 saturated heterocycles. The van der Waals surface area contributed by atoms with E-state index in [9.17, 15) is 4.39 Å². The van der Waals surface area contributed by atoms with E-state index in [4.69, 9.17) is 4.98 Å². The summed E-state index contributed by atoms with van der Waals surface area (Å²) in [6, 6.07) is 11.2. The van der Waals surface area contributed by atoms with E-state index < -0.39 is 0 Å². The van der Waals surface area contributed by atoms with Crippen LogP contribution in [0.2, 0.25) is 0 Å². The number of allylic oxidation sites excluding steroid dienone is 9. The molecule has 4 rings (SSSR count). The lowest BCUT2D eigenvalue weighted by atomic mass is 9.82. The van der Waals surface area contributed by atoms with Crippen molar-refractivity contribution in [2.45, 2.75) is 98.8 Å². The summed E-state index contributed by atoms with van der Waals surface area (Å²) in [7, 11) is 0. The van der Waals surface area contributed by atoms with E-state index in [0.29, 0.717) is 30.6 Å². The highest BCUT2D eigenvalue weighted by Crippen LogP contribution is 2.44. The number of pyridine rings is 1. The number of aryl methyl sites for hydroxylation is 1. The van der Waals surface area contributed by atoms with Crippen molar-refractivity contribution in [2.75, 3.05) is 0 Å². The first-order chi connectivity index (χ1) is 22.2. The normalized spacial score (nSPS) is 19.8. The minimum absolute atomic E-state index is 0. The van der Waals surface area contributed by atoms with Crippen LogP contribution in [0.15, 0.2) is 104 Å². The topological polar surface area (TPSA) is 44.4 Å². The van der Waals surface area contributed by atoms with Gasteiger partial charge in [-0.2, -0.15) is 0 Å². The van der Waals surface area contributed by atoms with Crippen LogP contribution in [0.1, 0.15) is 115 Å². The molecule has 1 heterocycles. The van der Waals surface area contributed by atoms with Crippen molar-refractivity contribution >= 4 is 16.7 Å². The van der Waals surface area contributed by atoms with Crippen LogP contribution < -0.4 is 0 Å². The van der Waals surface area contributed by atoms with Gasteiger partial charge < -0.3 is 5.48 Å². The van der Waals surface area contributed by atoms with Gasteiger partial charge in [0, 0.05) is 5.56 Å². The second-order valence-corrected chi connectivity index (χ2v) is 15.6. The Hall–Kier alpha value is -3.56. The van der Waals surface area contributed by atoms with E-state index in [1.54, 1.807) is 12.1 Å². The van der Waals surface area contributed by atoms with E-state index in [-0.39, 0.29) is 22.6 Å². The molecule has 0 amide bonds. The molecule has 1 saturated carbocycles. The number of halogens is 1. The van der Waals surface area contributed by atoms with Gasteiger partial charge in [-0.15, -0.1) is 0 Å². The summed E-state index contributed by atoms with van der Waals surface area (Å²) >= 11 is 0. The number of aromatic nitrogens is 1. The standard InChI is InChI=1S/C45H58FN.H2O/c1-30-14-11-18-40(26-30)43-25-24-42(44(47-43)32(3)20-21-37-16-13-19-41(46)28-37)35(6)33(4)27-39-23-22-38(36(39)7)17-12-15-31(2)34(5)29-45(8,9)10;/h11,13,16,18-19,24-26,28,30,33,38-39H,2-3,5-7,12,14-15,17,20-23,27,29H2,1,4,8-10H3;1H2. The lowest BCUT2D eigenvalue weighted by Crippen LogP contribution is -2.10. The Kier molecular flexibility index (Phi) is 13.9. The Morgan fingerprint density at radius 3 is 2.42 bits per heavy atom. The van der Waals surface area contributed by atoms with Gasteiger partial charge in [0.15, 0.2) is 0 Å². The molecule has 4 atom stereocenters. The van der Waals surface area contributed by atoms with Crippen molar-refractivity contribution in [3.8, 4) is 0 Å². The summed E-state index contributed by atoms with van der Waals surface area (Å²) in [5.41, 5.74) is 11.2. The number of benzene rings is 1. The summed E-state index contributed by atoms with van der Waals surface area (Å²) in [6.45, 7) is 33.7. The SMILES string of the molecule is C=C(CCCC1CCC(CC(C)C(=C)c2ccc(C3=CC(C)CC=C3)nc2C(=C)CCc2cccc(F)c2)C1=C)C(=C)CC(C)(C)C.O. The van der Waals surface area contributed by atoms with Gasteiger partial charge in [0.25, 0.3) is 0 Å². The van der Waals surface area contributed by atoms with Gasteiger partial charge in [0.05, 0.1) is 11.4 Å². The first-order valence-electron chi connectivity index (χ1n) is 17.8. The van der Waals surface area contributed by atoms with E-state index in [0.717, 1.165) is 71.3 Å². The molecule has 4 unspecified atom stereocenters. The summed E-state index contributed by atoms with van der Waals surface area (Å²) in [6.07, 6.45) is 17.0. The van der Waals surface area contributed by atoms with E-state index in [1.165, 1.54) is 42.0 Å². The quantitative estimate of drug-likeness (QED) is 0.140. The number of rotatable bonds is 15. The second-order valence-electron chi connectivity index (χ2n) is 15.6. The van der Waals surface area contributed by atoms with Crippen molar-refractivity contribution in [1.82, 2.24) is 4.98 Å². The number of hydrogen-bond acceptors (Lipinski definition) is 1. The molecular formula is C45H60FNO.